The van der Waals surface area contributed by atoms with Gasteiger partial charge in [0.2, 0.25) is 0 Å². The van der Waals surface area contributed by atoms with Crippen LogP contribution in [0.5, 0.6) is 5.75 Å². The smallest absolute Gasteiger partial charge is 0.255 e. The molecule has 8 nitrogen and oxygen atoms in total. The lowest BCUT2D eigenvalue weighted by atomic mass is 10.0. The zero-order valence-corrected chi connectivity index (χ0v) is 25.2. The predicted octanol–water partition coefficient (Wildman–Crippen LogP) is 5.77. The minimum Gasteiger partial charge on any atom is -0.495 e. The monoisotopic (exact) mass is 572 g/mol. The molecule has 0 aliphatic carbocycles. The zero-order chi connectivity index (χ0) is 29.7. The second kappa shape index (κ2) is 15.8. The molecule has 0 aromatic heterocycles. The molecule has 0 radical (unpaired) electrons. The Balaban J connectivity index is 1.46. The molecule has 2 amide bonds. The Morgan fingerprint density at radius 3 is 2.21 bits per heavy atom. The number of carbonyl (C=O) groups is 2. The molecule has 3 aromatic carbocycles. The third-order valence-corrected chi connectivity index (χ3v) is 7.67. The fourth-order valence-corrected chi connectivity index (χ4v) is 5.29. The molecule has 1 saturated heterocycles. The number of methoxy groups -OCH3 is 2. The summed E-state index contributed by atoms with van der Waals surface area (Å²) >= 11 is 0. The standard InChI is InChI=1S/C34H44N4O4/c1-4-5-6-7-10-26-13-15-27(16-14-26)33(39)36-28-17-18-30(29(25-28)34(40)35-19-24-41-2)37-20-22-38(23-21-37)31-11-8-9-12-32(31)42-3/h8-9,11-18,25H,4-7,10,19-24H2,1-3H3,(H,35,40)(H,36,39). The molecule has 0 spiro atoms. The summed E-state index contributed by atoms with van der Waals surface area (Å²) in [7, 11) is 3.29. The summed E-state index contributed by atoms with van der Waals surface area (Å²) in [5.41, 5.74) is 4.85. The molecule has 0 atom stereocenters. The van der Waals surface area contributed by atoms with Crippen molar-refractivity contribution in [2.24, 2.45) is 0 Å². The third kappa shape index (κ3) is 8.26. The van der Waals surface area contributed by atoms with Gasteiger partial charge in [0, 0.05) is 56.8 Å². The van der Waals surface area contributed by atoms with Gasteiger partial charge < -0.3 is 29.9 Å². The maximum absolute atomic E-state index is 13.3. The largest absolute Gasteiger partial charge is 0.495 e. The number of unbranched alkanes of at least 4 members (excludes halogenated alkanes) is 3. The summed E-state index contributed by atoms with van der Waals surface area (Å²) in [6, 6.07) is 21.4. The van der Waals surface area contributed by atoms with E-state index in [1.165, 1.54) is 24.8 Å². The van der Waals surface area contributed by atoms with Crippen molar-refractivity contribution in [3.63, 3.8) is 0 Å². The summed E-state index contributed by atoms with van der Waals surface area (Å²) < 4.78 is 10.7. The normalized spacial score (nSPS) is 13.1. The second-order valence-electron chi connectivity index (χ2n) is 10.6. The molecule has 224 valence electrons. The molecule has 1 heterocycles. The van der Waals surface area contributed by atoms with Crippen LogP contribution in [-0.2, 0) is 11.2 Å². The zero-order valence-electron chi connectivity index (χ0n) is 25.2. The highest BCUT2D eigenvalue weighted by Gasteiger charge is 2.24. The maximum atomic E-state index is 13.3. The Hall–Kier alpha value is -4.04. The Morgan fingerprint density at radius 2 is 1.52 bits per heavy atom. The lowest BCUT2D eigenvalue weighted by Gasteiger charge is -2.38. The number of benzene rings is 3. The summed E-state index contributed by atoms with van der Waals surface area (Å²) in [5.74, 6) is 0.458. The summed E-state index contributed by atoms with van der Waals surface area (Å²) in [6.07, 6.45) is 5.89. The van der Waals surface area contributed by atoms with E-state index in [2.05, 4.69) is 33.4 Å². The summed E-state index contributed by atoms with van der Waals surface area (Å²) in [6.45, 7) is 6.10. The van der Waals surface area contributed by atoms with Gasteiger partial charge in [0.15, 0.2) is 0 Å². The predicted molar refractivity (Wildman–Crippen MR) is 170 cm³/mol. The SMILES string of the molecule is CCCCCCc1ccc(C(=O)Nc2ccc(N3CCN(c4ccccc4OC)CC3)c(C(=O)NCCOC)c2)cc1. The topological polar surface area (TPSA) is 83.1 Å². The first kappa shape index (κ1) is 30.9. The number of aryl methyl sites for hydroxylation is 1. The number of amides is 2. The van der Waals surface area contributed by atoms with Gasteiger partial charge in [0.05, 0.1) is 25.0 Å². The minimum atomic E-state index is -0.198. The first-order valence-corrected chi connectivity index (χ1v) is 15.0. The number of hydrogen-bond acceptors (Lipinski definition) is 6. The molecule has 4 rings (SSSR count). The molecule has 0 bridgehead atoms. The number of nitrogens with zero attached hydrogens (tertiary/aromatic N) is 2. The van der Waals surface area contributed by atoms with Crippen LogP contribution in [-0.4, -0.2) is 65.4 Å². The van der Waals surface area contributed by atoms with Gasteiger partial charge in [0.1, 0.15) is 5.75 Å². The Morgan fingerprint density at radius 1 is 0.810 bits per heavy atom. The molecule has 2 N–H and O–H groups in total. The van der Waals surface area contributed by atoms with E-state index in [-0.39, 0.29) is 11.8 Å². The van der Waals surface area contributed by atoms with Gasteiger partial charge in [-0.05, 0) is 60.9 Å². The lowest BCUT2D eigenvalue weighted by Crippen LogP contribution is -2.47. The van der Waals surface area contributed by atoms with Crippen molar-refractivity contribution in [2.45, 2.75) is 39.0 Å². The molecular formula is C34H44N4O4. The highest BCUT2D eigenvalue weighted by atomic mass is 16.5. The van der Waals surface area contributed by atoms with Crippen LogP contribution >= 0.6 is 0 Å². The summed E-state index contributed by atoms with van der Waals surface area (Å²) in [5, 5.41) is 5.93. The number of carbonyl (C=O) groups excluding carboxylic acids is 2. The van der Waals surface area contributed by atoms with Crippen molar-refractivity contribution in [3.8, 4) is 5.75 Å². The van der Waals surface area contributed by atoms with E-state index in [9.17, 15) is 9.59 Å². The average Bonchev–Trinajstić information content (AvgIpc) is 3.03. The molecule has 0 saturated carbocycles. The van der Waals surface area contributed by atoms with Gasteiger partial charge in [-0.15, -0.1) is 0 Å². The van der Waals surface area contributed by atoms with Gasteiger partial charge in [-0.2, -0.15) is 0 Å². The number of anilines is 3. The van der Waals surface area contributed by atoms with Crippen molar-refractivity contribution in [1.82, 2.24) is 5.32 Å². The highest BCUT2D eigenvalue weighted by Crippen LogP contribution is 2.31. The molecule has 1 fully saturated rings. The van der Waals surface area contributed by atoms with Gasteiger partial charge in [0.25, 0.3) is 11.8 Å². The molecule has 3 aromatic rings. The van der Waals surface area contributed by atoms with Crippen LogP contribution in [0, 0.1) is 0 Å². The molecule has 8 heteroatoms. The fraction of sp³-hybridized carbons (Fsp3) is 0.412. The van der Waals surface area contributed by atoms with Gasteiger partial charge >= 0.3 is 0 Å². The Bertz CT molecular complexity index is 1300. The van der Waals surface area contributed by atoms with Gasteiger partial charge in [-0.1, -0.05) is 50.5 Å². The minimum absolute atomic E-state index is 0.197. The number of hydrogen-bond donors (Lipinski definition) is 2. The number of piperazine rings is 1. The van der Waals surface area contributed by atoms with Crippen LogP contribution in [0.4, 0.5) is 17.1 Å². The summed E-state index contributed by atoms with van der Waals surface area (Å²) in [4.78, 5) is 30.9. The molecule has 42 heavy (non-hydrogen) atoms. The Labute approximate surface area is 250 Å². The molecule has 1 aliphatic heterocycles. The van der Waals surface area contributed by atoms with Crippen molar-refractivity contribution in [2.75, 3.05) is 68.7 Å². The fourth-order valence-electron chi connectivity index (χ4n) is 5.29. The van der Waals surface area contributed by atoms with Gasteiger partial charge in [-0.25, -0.2) is 0 Å². The van der Waals surface area contributed by atoms with Crippen molar-refractivity contribution >= 4 is 28.9 Å². The quantitative estimate of drug-likeness (QED) is 0.239. The van der Waals surface area contributed by atoms with E-state index in [4.69, 9.17) is 9.47 Å². The first-order valence-electron chi connectivity index (χ1n) is 15.0. The lowest BCUT2D eigenvalue weighted by molar-refractivity contribution is 0.0936. The van der Waals surface area contributed by atoms with Crippen LogP contribution in [0.25, 0.3) is 0 Å². The third-order valence-electron chi connectivity index (χ3n) is 7.67. The van der Waals surface area contributed by atoms with Crippen molar-refractivity contribution < 1.29 is 19.1 Å². The van der Waals surface area contributed by atoms with E-state index in [0.29, 0.717) is 30.0 Å². The van der Waals surface area contributed by atoms with Crippen molar-refractivity contribution in [1.29, 1.82) is 0 Å². The van der Waals surface area contributed by atoms with Crippen LogP contribution in [0.1, 0.15) is 58.9 Å². The van der Waals surface area contributed by atoms with Gasteiger partial charge in [-0.3, -0.25) is 9.59 Å². The second-order valence-corrected chi connectivity index (χ2v) is 10.6. The van der Waals surface area contributed by atoms with E-state index in [1.807, 2.05) is 54.6 Å². The first-order chi connectivity index (χ1) is 20.5. The highest BCUT2D eigenvalue weighted by molar-refractivity contribution is 6.06. The number of nitrogens with one attached hydrogen (secondary N) is 2. The van der Waals surface area contributed by atoms with E-state index < -0.39 is 0 Å². The number of rotatable bonds is 14. The molecule has 0 unspecified atom stereocenters. The van der Waals surface area contributed by atoms with E-state index >= 15 is 0 Å². The maximum Gasteiger partial charge on any atom is 0.255 e. The van der Waals surface area contributed by atoms with Crippen LogP contribution < -0.4 is 25.2 Å². The van der Waals surface area contributed by atoms with Crippen LogP contribution in [0.2, 0.25) is 0 Å². The molecule has 1 aliphatic rings. The number of para-hydroxylation sites is 2. The molecular weight excluding hydrogens is 528 g/mol. The van der Waals surface area contributed by atoms with Crippen LogP contribution in [0.15, 0.2) is 66.7 Å². The van der Waals surface area contributed by atoms with E-state index in [0.717, 1.165) is 56.1 Å². The van der Waals surface area contributed by atoms with Crippen molar-refractivity contribution in [3.05, 3.63) is 83.4 Å². The average molecular weight is 573 g/mol. The number of ether oxygens (including phenoxy) is 2. The van der Waals surface area contributed by atoms with E-state index in [1.54, 1.807) is 20.3 Å². The van der Waals surface area contributed by atoms with Crippen LogP contribution in [0.3, 0.4) is 0 Å². The Kier molecular flexibility index (Phi) is 11.6.